The lowest BCUT2D eigenvalue weighted by molar-refractivity contribution is 0.478. The van der Waals surface area contributed by atoms with Crippen LogP contribution < -0.4 is 5.32 Å². The zero-order valence-corrected chi connectivity index (χ0v) is 9.97. The second kappa shape index (κ2) is 4.98. The predicted octanol–water partition coefficient (Wildman–Crippen LogP) is 3.69. The van der Waals surface area contributed by atoms with Crippen LogP contribution in [0.3, 0.4) is 0 Å². The van der Waals surface area contributed by atoms with Crippen LogP contribution in [-0.2, 0) is 0 Å². The molecule has 0 unspecified atom stereocenters. The van der Waals surface area contributed by atoms with Crippen LogP contribution in [-0.4, -0.2) is 5.54 Å². The smallest absolute Gasteiger partial charge is 0.126 e. The molecule has 2 nitrogen and oxygen atoms in total. The molecule has 0 amide bonds. The summed E-state index contributed by atoms with van der Waals surface area (Å²) < 4.78 is 13.2. The summed E-state index contributed by atoms with van der Waals surface area (Å²) in [4.78, 5) is 0. The van der Waals surface area contributed by atoms with Gasteiger partial charge in [0.25, 0.3) is 0 Å². The van der Waals surface area contributed by atoms with Crippen LogP contribution in [0.2, 0.25) is 0 Å². The first-order valence-electron chi connectivity index (χ1n) is 5.52. The molecule has 0 aliphatic heterocycles. The summed E-state index contributed by atoms with van der Waals surface area (Å²) in [5, 5.41) is 12.0. The molecule has 0 atom stereocenters. The Hall–Kier alpha value is -1.56. The predicted molar refractivity (Wildman–Crippen MR) is 63.7 cm³/mol. The third kappa shape index (κ3) is 2.96. The van der Waals surface area contributed by atoms with Gasteiger partial charge in [-0.25, -0.2) is 4.39 Å². The fourth-order valence-corrected chi connectivity index (χ4v) is 1.50. The van der Waals surface area contributed by atoms with Crippen LogP contribution in [0.15, 0.2) is 18.2 Å². The number of anilines is 1. The van der Waals surface area contributed by atoms with Gasteiger partial charge < -0.3 is 5.32 Å². The Morgan fingerprint density at radius 2 is 1.94 bits per heavy atom. The lowest BCUT2D eigenvalue weighted by Gasteiger charge is -2.29. The van der Waals surface area contributed by atoms with Gasteiger partial charge in [0.1, 0.15) is 5.82 Å². The third-order valence-electron chi connectivity index (χ3n) is 3.03. The Kier molecular flexibility index (Phi) is 3.89. The molecular weight excluding hydrogens is 203 g/mol. The first kappa shape index (κ1) is 12.5. The van der Waals surface area contributed by atoms with Crippen molar-refractivity contribution in [2.24, 2.45) is 0 Å². The van der Waals surface area contributed by atoms with E-state index in [-0.39, 0.29) is 11.4 Å². The van der Waals surface area contributed by atoms with Gasteiger partial charge in [0.15, 0.2) is 0 Å². The maximum Gasteiger partial charge on any atom is 0.126 e. The van der Waals surface area contributed by atoms with E-state index in [1.807, 2.05) is 6.07 Å². The molecule has 0 fully saturated rings. The van der Waals surface area contributed by atoms with Gasteiger partial charge >= 0.3 is 0 Å². The van der Waals surface area contributed by atoms with E-state index in [0.29, 0.717) is 11.3 Å². The van der Waals surface area contributed by atoms with Gasteiger partial charge in [-0.15, -0.1) is 0 Å². The van der Waals surface area contributed by atoms with E-state index in [9.17, 15) is 4.39 Å². The van der Waals surface area contributed by atoms with Crippen molar-refractivity contribution >= 4 is 5.69 Å². The quantitative estimate of drug-likeness (QED) is 0.840. The number of hydrogen-bond acceptors (Lipinski definition) is 2. The van der Waals surface area contributed by atoms with Crippen molar-refractivity contribution in [3.8, 4) is 6.07 Å². The van der Waals surface area contributed by atoms with E-state index in [1.165, 1.54) is 12.1 Å². The molecule has 0 heterocycles. The highest BCUT2D eigenvalue weighted by molar-refractivity contribution is 5.51. The van der Waals surface area contributed by atoms with Gasteiger partial charge in [-0.3, -0.25) is 0 Å². The van der Waals surface area contributed by atoms with Crippen molar-refractivity contribution in [1.29, 1.82) is 5.26 Å². The summed E-state index contributed by atoms with van der Waals surface area (Å²) in [6.07, 6.45) is 1.89. The molecule has 0 saturated carbocycles. The number of halogens is 1. The van der Waals surface area contributed by atoms with Gasteiger partial charge in [0, 0.05) is 11.2 Å². The third-order valence-corrected chi connectivity index (χ3v) is 3.03. The molecule has 3 heteroatoms. The Bertz CT molecular complexity index is 403. The largest absolute Gasteiger partial charge is 0.380 e. The molecule has 0 aromatic heterocycles. The number of nitriles is 1. The molecule has 16 heavy (non-hydrogen) atoms. The van der Waals surface area contributed by atoms with Crippen LogP contribution in [0.25, 0.3) is 0 Å². The zero-order chi connectivity index (χ0) is 12.2. The minimum absolute atomic E-state index is 0.0550. The van der Waals surface area contributed by atoms with E-state index in [0.717, 1.165) is 12.8 Å². The summed E-state index contributed by atoms with van der Waals surface area (Å²) in [5.41, 5.74) is 0.959. The second-order valence-electron chi connectivity index (χ2n) is 4.23. The average Bonchev–Trinajstić information content (AvgIpc) is 2.28. The van der Waals surface area contributed by atoms with Gasteiger partial charge in [0.2, 0.25) is 0 Å². The number of hydrogen-bond donors (Lipinski definition) is 1. The van der Waals surface area contributed by atoms with Gasteiger partial charge in [0.05, 0.1) is 11.6 Å². The van der Waals surface area contributed by atoms with Crippen molar-refractivity contribution < 1.29 is 4.39 Å². The monoisotopic (exact) mass is 220 g/mol. The Balaban J connectivity index is 2.97. The fourth-order valence-electron chi connectivity index (χ4n) is 1.50. The normalized spacial score (nSPS) is 10.9. The van der Waals surface area contributed by atoms with Gasteiger partial charge in [-0.2, -0.15) is 5.26 Å². The molecule has 1 aromatic rings. The van der Waals surface area contributed by atoms with Crippen molar-refractivity contribution in [1.82, 2.24) is 0 Å². The minimum Gasteiger partial charge on any atom is -0.380 e. The maximum atomic E-state index is 13.2. The molecule has 1 rings (SSSR count). The molecule has 0 spiro atoms. The molecule has 1 N–H and O–H groups in total. The summed E-state index contributed by atoms with van der Waals surface area (Å²) >= 11 is 0. The molecule has 86 valence electrons. The SMILES string of the molecule is CCC(C)(CC)Nc1cc(F)cc(C#N)c1. The molecule has 0 bridgehead atoms. The highest BCUT2D eigenvalue weighted by atomic mass is 19.1. The highest BCUT2D eigenvalue weighted by Crippen LogP contribution is 2.23. The Labute approximate surface area is 96.1 Å². The maximum absolute atomic E-state index is 13.2. The minimum atomic E-state index is -0.379. The molecule has 0 radical (unpaired) electrons. The number of benzene rings is 1. The molecule has 0 aliphatic rings. The zero-order valence-electron chi connectivity index (χ0n) is 9.97. The van der Waals surface area contributed by atoms with Crippen molar-refractivity contribution in [2.75, 3.05) is 5.32 Å². The molecule has 0 saturated heterocycles. The van der Waals surface area contributed by atoms with Crippen LogP contribution in [0, 0.1) is 17.1 Å². The summed E-state index contributed by atoms with van der Waals surface area (Å²) in [7, 11) is 0. The van der Waals surface area contributed by atoms with Crippen LogP contribution in [0.5, 0.6) is 0 Å². The standard InChI is InChI=1S/C13H17FN2/c1-4-13(3,5-2)16-12-7-10(9-15)6-11(14)8-12/h6-8,16H,4-5H2,1-3H3. The van der Waals surface area contributed by atoms with E-state index < -0.39 is 0 Å². The van der Waals surface area contributed by atoms with Crippen LogP contribution in [0.1, 0.15) is 39.2 Å². The average molecular weight is 220 g/mol. The molecule has 0 aliphatic carbocycles. The first-order chi connectivity index (χ1) is 7.53. The van der Waals surface area contributed by atoms with E-state index in [1.54, 1.807) is 6.07 Å². The van der Waals surface area contributed by atoms with E-state index in [2.05, 4.69) is 26.1 Å². The second-order valence-corrected chi connectivity index (χ2v) is 4.23. The van der Waals surface area contributed by atoms with Crippen molar-refractivity contribution in [3.63, 3.8) is 0 Å². The summed E-state index contributed by atoms with van der Waals surface area (Å²) in [6.45, 7) is 6.26. The van der Waals surface area contributed by atoms with E-state index >= 15 is 0 Å². The Morgan fingerprint density at radius 1 is 1.31 bits per heavy atom. The van der Waals surface area contributed by atoms with Crippen LogP contribution in [0.4, 0.5) is 10.1 Å². The molecular formula is C13H17FN2. The molecule has 1 aromatic carbocycles. The first-order valence-corrected chi connectivity index (χ1v) is 5.52. The number of nitrogens with one attached hydrogen (secondary N) is 1. The topological polar surface area (TPSA) is 35.8 Å². The Morgan fingerprint density at radius 3 is 2.44 bits per heavy atom. The van der Waals surface area contributed by atoms with Crippen molar-refractivity contribution in [2.45, 2.75) is 39.2 Å². The number of nitrogens with zero attached hydrogens (tertiary/aromatic N) is 1. The van der Waals surface area contributed by atoms with Crippen LogP contribution >= 0.6 is 0 Å². The highest BCUT2D eigenvalue weighted by Gasteiger charge is 2.19. The van der Waals surface area contributed by atoms with Crippen molar-refractivity contribution in [3.05, 3.63) is 29.6 Å². The van der Waals surface area contributed by atoms with E-state index in [4.69, 9.17) is 5.26 Å². The summed E-state index contributed by atoms with van der Waals surface area (Å²) in [5.74, 6) is -0.379. The lowest BCUT2D eigenvalue weighted by atomic mass is 9.95. The summed E-state index contributed by atoms with van der Waals surface area (Å²) in [6, 6.07) is 6.28. The fraction of sp³-hybridized carbons (Fsp3) is 0.462. The lowest BCUT2D eigenvalue weighted by Crippen LogP contribution is -2.32. The van der Waals surface area contributed by atoms with Gasteiger partial charge in [-0.1, -0.05) is 13.8 Å². The van der Waals surface area contributed by atoms with Gasteiger partial charge in [-0.05, 0) is 38.0 Å². The number of rotatable bonds is 4.